The van der Waals surface area contributed by atoms with Gasteiger partial charge in [0.05, 0.1) is 11.7 Å². The molecule has 6 aliphatic rings. The lowest BCUT2D eigenvalue weighted by Gasteiger charge is -2.63. The number of aliphatic hydroxyl groups excluding tert-OH is 1. The average molecular weight is 330 g/mol. The smallest absolute Gasteiger partial charge is 0.142 e. The molecule has 0 spiro atoms. The van der Waals surface area contributed by atoms with Gasteiger partial charge in [-0.25, -0.2) is 0 Å². The van der Waals surface area contributed by atoms with Crippen LogP contribution >= 0.6 is 0 Å². The van der Waals surface area contributed by atoms with Crippen molar-refractivity contribution in [2.24, 2.45) is 52.3 Å². The molecule has 0 aromatic heterocycles. The van der Waals surface area contributed by atoms with Gasteiger partial charge in [-0.15, -0.1) is 0 Å². The molecule has 6 rings (SSSR count). The van der Waals surface area contributed by atoms with E-state index in [0.29, 0.717) is 53.6 Å². The van der Waals surface area contributed by atoms with Gasteiger partial charge in [0.2, 0.25) is 0 Å². The number of hydrogen-bond acceptors (Lipinski definition) is 3. The first-order chi connectivity index (χ1) is 11.3. The summed E-state index contributed by atoms with van der Waals surface area (Å²) in [5.41, 5.74) is -0.760. The van der Waals surface area contributed by atoms with E-state index in [2.05, 4.69) is 13.8 Å². The number of ketones is 1. The zero-order valence-corrected chi connectivity index (χ0v) is 14.9. The van der Waals surface area contributed by atoms with Crippen LogP contribution in [0.1, 0.15) is 58.8 Å². The van der Waals surface area contributed by atoms with Gasteiger partial charge in [0.15, 0.2) is 0 Å². The molecule has 0 radical (unpaired) electrons. The largest absolute Gasteiger partial charge is 0.393 e. The molecule has 0 aliphatic heterocycles. The molecule has 2 N–H and O–H groups in total. The second-order valence-corrected chi connectivity index (χ2v) is 10.8. The molecule has 3 nitrogen and oxygen atoms in total. The Morgan fingerprint density at radius 2 is 1.83 bits per heavy atom. The van der Waals surface area contributed by atoms with Crippen molar-refractivity contribution in [3.63, 3.8) is 0 Å². The highest BCUT2D eigenvalue weighted by atomic mass is 16.3. The van der Waals surface area contributed by atoms with Crippen molar-refractivity contribution < 1.29 is 15.0 Å². The number of carbonyl (C=O) groups excluding carboxylic acids is 1. The van der Waals surface area contributed by atoms with Gasteiger partial charge < -0.3 is 10.2 Å². The van der Waals surface area contributed by atoms with Gasteiger partial charge in [-0.3, -0.25) is 4.79 Å². The topological polar surface area (TPSA) is 57.5 Å². The Morgan fingerprint density at radius 3 is 2.62 bits per heavy atom. The van der Waals surface area contributed by atoms with Crippen LogP contribution in [-0.2, 0) is 4.79 Å². The number of Topliss-reactive ketones (excluding diaryl/α,β-unsaturated/α-hetero) is 1. The quantitative estimate of drug-likeness (QED) is 0.718. The molecule has 0 bridgehead atoms. The molecule has 2 unspecified atom stereocenters. The van der Waals surface area contributed by atoms with E-state index in [-0.39, 0.29) is 16.9 Å². The standard InChI is InChI=1S/C21H30O3/c1-19-5-4-14-16(17(19)11-7-12(11)18(19)23)13-8-15(13)21(24)9-10(22)3-6-20(14,21)2/h10-17,22,24H,3-9H2,1-2H3/t10-,11+,12-,13?,14-,15?,16+,17-,19-,20+,21+/m0/s1. The summed E-state index contributed by atoms with van der Waals surface area (Å²) in [5.74, 6) is 4.46. The van der Waals surface area contributed by atoms with Crippen molar-refractivity contribution in [3.8, 4) is 0 Å². The fourth-order valence-electron chi connectivity index (χ4n) is 8.83. The SMILES string of the molecule is C[C@]12CC[C@H]3[C@@H](C4CC4[C@]4(O)C[C@@H](O)CC[C@]34C)[C@@H]1[C@@H]1C[C@@H]1C2=O. The third-order valence-electron chi connectivity index (χ3n) is 10.1. The van der Waals surface area contributed by atoms with E-state index in [9.17, 15) is 15.0 Å². The average Bonchev–Trinajstić information content (AvgIpc) is 3.41. The third-order valence-corrected chi connectivity index (χ3v) is 10.1. The Balaban J connectivity index is 1.45. The van der Waals surface area contributed by atoms with E-state index in [0.717, 1.165) is 38.5 Å². The van der Waals surface area contributed by atoms with Crippen LogP contribution in [0, 0.1) is 52.3 Å². The Labute approximate surface area is 144 Å². The summed E-state index contributed by atoms with van der Waals surface area (Å²) in [6, 6.07) is 0. The summed E-state index contributed by atoms with van der Waals surface area (Å²) < 4.78 is 0. The van der Waals surface area contributed by atoms with Gasteiger partial charge in [-0.2, -0.15) is 0 Å². The predicted molar refractivity (Wildman–Crippen MR) is 88.9 cm³/mol. The molecule has 0 aromatic carbocycles. The lowest BCUT2D eigenvalue weighted by molar-refractivity contribution is -0.225. The van der Waals surface area contributed by atoms with Gasteiger partial charge in [0, 0.05) is 17.8 Å². The molecule has 11 atom stereocenters. The fourth-order valence-corrected chi connectivity index (χ4v) is 8.83. The number of rotatable bonds is 0. The van der Waals surface area contributed by atoms with Crippen LogP contribution in [0.4, 0.5) is 0 Å². The van der Waals surface area contributed by atoms with Gasteiger partial charge in [-0.1, -0.05) is 13.8 Å². The minimum absolute atomic E-state index is 0.0497. The molecule has 24 heavy (non-hydrogen) atoms. The molecule has 6 saturated carbocycles. The predicted octanol–water partition coefficient (Wildman–Crippen LogP) is 2.79. The first kappa shape index (κ1) is 14.7. The molecule has 0 aromatic rings. The molecule has 0 amide bonds. The lowest BCUT2D eigenvalue weighted by atomic mass is 9.43. The van der Waals surface area contributed by atoms with Crippen molar-refractivity contribution >= 4 is 5.78 Å². The Bertz CT molecular complexity index is 645. The van der Waals surface area contributed by atoms with Crippen molar-refractivity contribution in [1.82, 2.24) is 0 Å². The zero-order chi connectivity index (χ0) is 16.6. The van der Waals surface area contributed by atoms with E-state index < -0.39 is 5.60 Å². The minimum atomic E-state index is -0.657. The molecular weight excluding hydrogens is 300 g/mol. The van der Waals surface area contributed by atoms with Crippen LogP contribution < -0.4 is 0 Å². The molecule has 0 saturated heterocycles. The van der Waals surface area contributed by atoms with Crippen LogP contribution in [0.2, 0.25) is 0 Å². The Hall–Kier alpha value is -0.410. The summed E-state index contributed by atoms with van der Waals surface area (Å²) >= 11 is 0. The number of hydrogen-bond donors (Lipinski definition) is 2. The summed E-state index contributed by atoms with van der Waals surface area (Å²) in [7, 11) is 0. The lowest BCUT2D eigenvalue weighted by Crippen LogP contribution is -2.64. The van der Waals surface area contributed by atoms with Crippen molar-refractivity contribution in [2.75, 3.05) is 0 Å². The van der Waals surface area contributed by atoms with Crippen LogP contribution in [-0.4, -0.2) is 27.7 Å². The summed E-state index contributed by atoms with van der Waals surface area (Å²) in [6.07, 6.45) is 6.50. The first-order valence-corrected chi connectivity index (χ1v) is 10.3. The van der Waals surface area contributed by atoms with Gasteiger partial charge >= 0.3 is 0 Å². The Morgan fingerprint density at radius 1 is 1.04 bits per heavy atom. The number of fused-ring (bicyclic) bond motifs is 10. The van der Waals surface area contributed by atoms with Crippen molar-refractivity contribution in [3.05, 3.63) is 0 Å². The van der Waals surface area contributed by atoms with Gasteiger partial charge in [-0.05, 0) is 79.4 Å². The van der Waals surface area contributed by atoms with Crippen molar-refractivity contribution in [1.29, 1.82) is 0 Å². The second kappa shape index (κ2) is 3.96. The van der Waals surface area contributed by atoms with Gasteiger partial charge in [0.1, 0.15) is 5.78 Å². The van der Waals surface area contributed by atoms with Crippen LogP contribution in [0.25, 0.3) is 0 Å². The van der Waals surface area contributed by atoms with E-state index in [1.165, 1.54) is 0 Å². The second-order valence-electron chi connectivity index (χ2n) is 10.8. The third kappa shape index (κ3) is 1.37. The summed E-state index contributed by atoms with van der Waals surface area (Å²) in [4.78, 5) is 12.9. The van der Waals surface area contributed by atoms with Crippen molar-refractivity contribution in [2.45, 2.75) is 70.5 Å². The maximum absolute atomic E-state index is 12.9. The maximum Gasteiger partial charge on any atom is 0.142 e. The maximum atomic E-state index is 12.9. The summed E-state index contributed by atoms with van der Waals surface area (Å²) in [6.45, 7) is 4.60. The Kier molecular flexibility index (Phi) is 2.43. The molecular formula is C21H30O3. The number of aliphatic hydroxyl groups is 2. The highest BCUT2D eigenvalue weighted by Crippen LogP contribution is 2.78. The molecule has 3 heteroatoms. The monoisotopic (exact) mass is 330 g/mol. The zero-order valence-electron chi connectivity index (χ0n) is 14.9. The first-order valence-electron chi connectivity index (χ1n) is 10.3. The van der Waals surface area contributed by atoms with Crippen LogP contribution in [0.3, 0.4) is 0 Å². The van der Waals surface area contributed by atoms with Gasteiger partial charge in [0.25, 0.3) is 0 Å². The highest BCUT2D eigenvalue weighted by molar-refractivity contribution is 5.92. The van der Waals surface area contributed by atoms with E-state index >= 15 is 0 Å². The fraction of sp³-hybridized carbons (Fsp3) is 0.952. The van der Waals surface area contributed by atoms with E-state index in [1.54, 1.807) is 0 Å². The van der Waals surface area contributed by atoms with Crippen LogP contribution in [0.5, 0.6) is 0 Å². The van der Waals surface area contributed by atoms with E-state index in [4.69, 9.17) is 0 Å². The van der Waals surface area contributed by atoms with E-state index in [1.807, 2.05) is 0 Å². The normalized spacial score (nSPS) is 69.1. The minimum Gasteiger partial charge on any atom is -0.393 e. The molecule has 132 valence electrons. The molecule has 0 heterocycles. The number of carbonyl (C=O) groups is 1. The summed E-state index contributed by atoms with van der Waals surface area (Å²) in [5, 5.41) is 21.9. The molecule has 6 aliphatic carbocycles. The van der Waals surface area contributed by atoms with Crippen LogP contribution in [0.15, 0.2) is 0 Å². The highest BCUT2D eigenvalue weighted by Gasteiger charge is 2.78. The molecule has 6 fully saturated rings.